The summed E-state index contributed by atoms with van der Waals surface area (Å²) in [5, 5.41) is 1.18. The molecular weight excluding hydrogens is 318 g/mol. The second kappa shape index (κ2) is 6.73. The van der Waals surface area contributed by atoms with E-state index in [0.717, 1.165) is 31.0 Å². The van der Waals surface area contributed by atoms with Gasteiger partial charge in [0.1, 0.15) is 6.73 Å². The van der Waals surface area contributed by atoms with Crippen LogP contribution in [0.15, 0.2) is 18.2 Å². The Kier molecular flexibility index (Phi) is 4.83. The van der Waals surface area contributed by atoms with Crippen molar-refractivity contribution in [1.29, 1.82) is 0 Å². The summed E-state index contributed by atoms with van der Waals surface area (Å²) >= 11 is 0. The van der Waals surface area contributed by atoms with Crippen molar-refractivity contribution in [2.24, 2.45) is 0 Å². The first-order valence-electron chi connectivity index (χ1n) is 8.71. The molecule has 0 saturated heterocycles. The predicted molar refractivity (Wildman–Crippen MR) is 99.4 cm³/mol. The maximum absolute atomic E-state index is 12.2. The van der Waals surface area contributed by atoms with Crippen LogP contribution < -0.4 is 0 Å². The lowest BCUT2D eigenvalue weighted by molar-refractivity contribution is 0.0600. The molecule has 4 nitrogen and oxygen atoms in total. The van der Waals surface area contributed by atoms with Crippen molar-refractivity contribution in [3.8, 4) is 0 Å². The summed E-state index contributed by atoms with van der Waals surface area (Å²) in [4.78, 5) is 12.2. The van der Waals surface area contributed by atoms with Crippen LogP contribution in [0.5, 0.6) is 0 Å². The molecule has 130 valence electrons. The molecule has 0 aliphatic heterocycles. The number of fused-ring (bicyclic) bond motifs is 3. The lowest BCUT2D eigenvalue weighted by Crippen LogP contribution is -2.22. The molecular formula is C19H27NO3Si. The highest BCUT2D eigenvalue weighted by molar-refractivity contribution is 6.76. The van der Waals surface area contributed by atoms with Crippen molar-refractivity contribution in [3.63, 3.8) is 0 Å². The number of esters is 1. The average Bonchev–Trinajstić information content (AvgIpc) is 3.11. The number of nitrogens with zero attached hydrogens (tertiary/aromatic N) is 1. The van der Waals surface area contributed by atoms with Gasteiger partial charge >= 0.3 is 5.97 Å². The number of carbonyl (C=O) groups is 1. The van der Waals surface area contributed by atoms with Gasteiger partial charge in [-0.05, 0) is 36.9 Å². The number of methoxy groups -OCH3 is 1. The van der Waals surface area contributed by atoms with E-state index in [-0.39, 0.29) is 5.97 Å². The summed E-state index contributed by atoms with van der Waals surface area (Å²) in [5.74, 6) is -0.278. The van der Waals surface area contributed by atoms with Gasteiger partial charge in [0, 0.05) is 25.8 Å². The maximum atomic E-state index is 12.2. The number of aromatic nitrogens is 1. The van der Waals surface area contributed by atoms with Gasteiger partial charge in [0.2, 0.25) is 0 Å². The Morgan fingerprint density at radius 3 is 2.75 bits per heavy atom. The molecule has 0 saturated carbocycles. The van der Waals surface area contributed by atoms with E-state index >= 15 is 0 Å². The molecule has 1 aromatic heterocycles. The van der Waals surface area contributed by atoms with E-state index in [9.17, 15) is 4.79 Å². The Morgan fingerprint density at radius 2 is 2.04 bits per heavy atom. The molecule has 5 heteroatoms. The van der Waals surface area contributed by atoms with E-state index in [0.29, 0.717) is 12.3 Å². The van der Waals surface area contributed by atoms with Crippen molar-refractivity contribution in [3.05, 3.63) is 35.0 Å². The minimum atomic E-state index is -1.10. The molecule has 0 spiro atoms. The second-order valence-electron chi connectivity index (χ2n) is 7.75. The highest BCUT2D eigenvalue weighted by atomic mass is 28.3. The minimum Gasteiger partial charge on any atom is -0.465 e. The maximum Gasteiger partial charge on any atom is 0.340 e. The van der Waals surface area contributed by atoms with Gasteiger partial charge in [0.05, 0.1) is 18.2 Å². The molecule has 0 unspecified atom stereocenters. The second-order valence-corrected chi connectivity index (χ2v) is 13.4. The SMILES string of the molecule is COC(=O)c1cccc2c3c(n(COCC[Si](C)(C)C)c12)CCC3. The molecule has 2 aromatic rings. The Labute approximate surface area is 144 Å². The van der Waals surface area contributed by atoms with E-state index in [1.165, 1.54) is 30.2 Å². The van der Waals surface area contributed by atoms with Crippen LogP contribution in [0.3, 0.4) is 0 Å². The van der Waals surface area contributed by atoms with E-state index in [4.69, 9.17) is 9.47 Å². The van der Waals surface area contributed by atoms with Gasteiger partial charge in [0.25, 0.3) is 0 Å². The standard InChI is InChI=1S/C19H27NO3Si/c1-22-19(21)16-9-5-8-15-14-7-6-10-17(14)20(18(15)16)13-23-11-12-24(2,3)4/h5,8-9H,6-7,10-13H2,1-4H3. The Bertz CT molecular complexity index is 758. The fourth-order valence-corrected chi connectivity index (χ4v) is 4.24. The number of ether oxygens (including phenoxy) is 2. The highest BCUT2D eigenvalue weighted by Crippen LogP contribution is 2.35. The largest absolute Gasteiger partial charge is 0.465 e. The molecule has 0 amide bonds. The summed E-state index contributed by atoms with van der Waals surface area (Å²) in [6, 6.07) is 7.06. The zero-order chi connectivity index (χ0) is 17.3. The van der Waals surface area contributed by atoms with Crippen LogP contribution in [0.25, 0.3) is 10.9 Å². The van der Waals surface area contributed by atoms with Crippen molar-refractivity contribution >= 4 is 24.9 Å². The normalized spacial score (nSPS) is 14.2. The van der Waals surface area contributed by atoms with Crippen molar-refractivity contribution in [2.45, 2.75) is 51.7 Å². The summed E-state index contributed by atoms with van der Waals surface area (Å²) in [7, 11) is 0.341. The van der Waals surface area contributed by atoms with Crippen LogP contribution in [-0.4, -0.2) is 32.3 Å². The predicted octanol–water partition coefficient (Wildman–Crippen LogP) is 4.23. The van der Waals surface area contributed by atoms with Crippen LogP contribution in [-0.2, 0) is 29.0 Å². The van der Waals surface area contributed by atoms with E-state index in [1.54, 1.807) is 0 Å². The first-order chi connectivity index (χ1) is 11.4. The van der Waals surface area contributed by atoms with Crippen LogP contribution in [0.2, 0.25) is 25.7 Å². The minimum absolute atomic E-state index is 0.278. The zero-order valence-electron chi connectivity index (χ0n) is 15.1. The molecule has 0 N–H and O–H groups in total. The van der Waals surface area contributed by atoms with Gasteiger partial charge in [-0.1, -0.05) is 31.8 Å². The van der Waals surface area contributed by atoms with Gasteiger partial charge in [-0.15, -0.1) is 0 Å². The third kappa shape index (κ3) is 3.28. The molecule has 1 aliphatic carbocycles. The molecule has 0 radical (unpaired) electrons. The molecule has 1 heterocycles. The number of hydrogen-bond donors (Lipinski definition) is 0. The summed E-state index contributed by atoms with van der Waals surface area (Å²) in [5.41, 5.74) is 4.32. The quantitative estimate of drug-likeness (QED) is 0.447. The van der Waals surface area contributed by atoms with Crippen LogP contribution in [0.1, 0.15) is 28.0 Å². The van der Waals surface area contributed by atoms with Gasteiger partial charge in [-0.2, -0.15) is 0 Å². The number of para-hydroxylation sites is 1. The lowest BCUT2D eigenvalue weighted by atomic mass is 10.1. The Hall–Kier alpha value is -1.59. The molecule has 0 atom stereocenters. The summed E-state index contributed by atoms with van der Waals surface area (Å²) in [6.45, 7) is 8.37. The molecule has 3 rings (SSSR count). The van der Waals surface area contributed by atoms with E-state index < -0.39 is 8.07 Å². The highest BCUT2D eigenvalue weighted by Gasteiger charge is 2.25. The molecule has 0 bridgehead atoms. The van der Waals surface area contributed by atoms with Gasteiger partial charge < -0.3 is 14.0 Å². The van der Waals surface area contributed by atoms with Crippen LogP contribution in [0.4, 0.5) is 0 Å². The average molecular weight is 346 g/mol. The third-order valence-electron chi connectivity index (χ3n) is 4.77. The van der Waals surface area contributed by atoms with Crippen LogP contribution in [0, 0.1) is 0 Å². The number of carbonyl (C=O) groups excluding carboxylic acids is 1. The topological polar surface area (TPSA) is 40.5 Å². The molecule has 1 aliphatic rings. The zero-order valence-corrected chi connectivity index (χ0v) is 16.1. The number of aryl methyl sites for hydroxylation is 1. The van der Waals surface area contributed by atoms with E-state index in [1.807, 2.05) is 12.1 Å². The van der Waals surface area contributed by atoms with Gasteiger partial charge in [0.15, 0.2) is 0 Å². The van der Waals surface area contributed by atoms with Gasteiger partial charge in [-0.25, -0.2) is 4.79 Å². The number of benzene rings is 1. The van der Waals surface area contributed by atoms with E-state index in [2.05, 4.69) is 30.3 Å². The molecule has 0 fully saturated rings. The van der Waals surface area contributed by atoms with Crippen molar-refractivity contribution in [2.75, 3.05) is 13.7 Å². The smallest absolute Gasteiger partial charge is 0.340 e. The third-order valence-corrected chi connectivity index (χ3v) is 6.47. The fraction of sp³-hybridized carbons (Fsp3) is 0.526. The molecule has 24 heavy (non-hydrogen) atoms. The first-order valence-corrected chi connectivity index (χ1v) is 12.4. The molecule has 1 aromatic carbocycles. The fourth-order valence-electron chi connectivity index (χ4n) is 3.48. The number of hydrogen-bond acceptors (Lipinski definition) is 3. The Morgan fingerprint density at radius 1 is 1.25 bits per heavy atom. The Balaban J connectivity index is 1.95. The number of rotatable bonds is 6. The summed E-state index contributed by atoms with van der Waals surface area (Å²) in [6.07, 6.45) is 3.32. The van der Waals surface area contributed by atoms with Crippen LogP contribution >= 0.6 is 0 Å². The van der Waals surface area contributed by atoms with Crippen molar-refractivity contribution in [1.82, 2.24) is 4.57 Å². The lowest BCUT2D eigenvalue weighted by Gasteiger charge is -2.17. The van der Waals surface area contributed by atoms with Gasteiger partial charge in [-0.3, -0.25) is 0 Å². The monoisotopic (exact) mass is 345 g/mol. The van der Waals surface area contributed by atoms with Crippen molar-refractivity contribution < 1.29 is 14.3 Å². The first kappa shape index (κ1) is 17.2. The summed E-state index contributed by atoms with van der Waals surface area (Å²) < 4.78 is 13.2.